The second-order valence-electron chi connectivity index (χ2n) is 10.1. The molecule has 0 aliphatic heterocycles. The van der Waals surface area contributed by atoms with Crippen LogP contribution in [0, 0.1) is 5.41 Å². The second-order valence-corrected chi connectivity index (χ2v) is 10.1. The topological polar surface area (TPSA) is 40.5 Å². The van der Waals surface area contributed by atoms with Crippen LogP contribution in [0.15, 0.2) is 0 Å². The first-order chi connectivity index (χ1) is 14.3. The van der Waals surface area contributed by atoms with Crippen LogP contribution in [0.1, 0.15) is 154 Å². The van der Waals surface area contributed by atoms with Gasteiger partial charge in [0.05, 0.1) is 13.2 Å². The van der Waals surface area contributed by atoms with Crippen molar-refractivity contribution in [1.82, 2.24) is 0 Å². The van der Waals surface area contributed by atoms with Gasteiger partial charge in [0.25, 0.3) is 0 Å². The van der Waals surface area contributed by atoms with Crippen LogP contribution in [0.3, 0.4) is 0 Å². The summed E-state index contributed by atoms with van der Waals surface area (Å²) in [5, 5.41) is 17.7. The van der Waals surface area contributed by atoms with Crippen molar-refractivity contribution in [3.8, 4) is 0 Å². The summed E-state index contributed by atoms with van der Waals surface area (Å²) < 4.78 is 0. The van der Waals surface area contributed by atoms with E-state index in [2.05, 4.69) is 0 Å². The predicted octanol–water partition coefficient (Wildman–Crippen LogP) is 8.33. The summed E-state index contributed by atoms with van der Waals surface area (Å²) in [6.07, 6.45) is 34.3. The van der Waals surface area contributed by atoms with E-state index < -0.39 is 0 Å². The SMILES string of the molecule is C1CCCC1.C1CCCC1.C1CCCC1.C1CCCC1.OCC1(CO)CCCC1. The van der Waals surface area contributed by atoms with Gasteiger partial charge in [-0.3, -0.25) is 0 Å². The molecule has 0 spiro atoms. The van der Waals surface area contributed by atoms with E-state index in [0.29, 0.717) is 0 Å². The molecule has 0 atom stereocenters. The van der Waals surface area contributed by atoms with Gasteiger partial charge in [-0.1, -0.05) is 141 Å². The molecule has 5 aliphatic carbocycles. The molecule has 174 valence electrons. The van der Waals surface area contributed by atoms with E-state index in [9.17, 15) is 0 Å². The van der Waals surface area contributed by atoms with E-state index in [1.807, 2.05) is 0 Å². The molecule has 5 rings (SSSR count). The molecule has 0 bridgehead atoms. The molecular formula is C27H54O2. The zero-order valence-electron chi connectivity index (χ0n) is 19.8. The van der Waals surface area contributed by atoms with Crippen molar-refractivity contribution in [2.24, 2.45) is 5.41 Å². The van der Waals surface area contributed by atoms with Crippen LogP contribution < -0.4 is 0 Å². The Balaban J connectivity index is 0.000000186. The van der Waals surface area contributed by atoms with Crippen LogP contribution in [0.4, 0.5) is 0 Å². The van der Waals surface area contributed by atoms with Crippen molar-refractivity contribution >= 4 is 0 Å². The highest BCUT2D eigenvalue weighted by atomic mass is 16.3. The third kappa shape index (κ3) is 15.4. The molecule has 0 aromatic carbocycles. The van der Waals surface area contributed by atoms with Crippen LogP contribution in [-0.2, 0) is 0 Å². The standard InChI is InChI=1S/C7H14O2.4C5H10/c8-5-7(6-9)3-1-2-4-7;4*1-2-4-5-3-1/h8-9H,1-6H2;4*1-5H2. The summed E-state index contributed by atoms with van der Waals surface area (Å²) in [7, 11) is 0. The number of hydrogen-bond donors (Lipinski definition) is 2. The highest BCUT2D eigenvalue weighted by molar-refractivity contribution is 4.82. The van der Waals surface area contributed by atoms with Gasteiger partial charge in [-0.15, -0.1) is 0 Å². The predicted molar refractivity (Wildman–Crippen MR) is 127 cm³/mol. The van der Waals surface area contributed by atoms with Crippen LogP contribution in [0.2, 0.25) is 0 Å². The van der Waals surface area contributed by atoms with E-state index in [1.165, 1.54) is 141 Å². The summed E-state index contributed by atoms with van der Waals surface area (Å²) in [4.78, 5) is 0. The number of rotatable bonds is 2. The lowest BCUT2D eigenvalue weighted by atomic mass is 9.89. The highest BCUT2D eigenvalue weighted by Crippen LogP contribution is 2.36. The summed E-state index contributed by atoms with van der Waals surface area (Å²) in [6.45, 7) is 0.312. The maximum atomic E-state index is 8.86. The number of aliphatic hydroxyl groups excluding tert-OH is 2. The molecule has 5 saturated carbocycles. The number of aliphatic hydroxyl groups is 2. The van der Waals surface area contributed by atoms with E-state index in [0.717, 1.165) is 12.8 Å². The van der Waals surface area contributed by atoms with Gasteiger partial charge in [0.1, 0.15) is 0 Å². The first kappa shape index (κ1) is 27.0. The molecule has 0 radical (unpaired) electrons. The van der Waals surface area contributed by atoms with Gasteiger partial charge in [-0.25, -0.2) is 0 Å². The summed E-state index contributed by atoms with van der Waals surface area (Å²) in [6, 6.07) is 0. The highest BCUT2D eigenvalue weighted by Gasteiger charge is 2.31. The lowest BCUT2D eigenvalue weighted by Gasteiger charge is -2.22. The Morgan fingerprint density at radius 2 is 0.483 bits per heavy atom. The molecule has 0 heterocycles. The van der Waals surface area contributed by atoms with E-state index in [-0.39, 0.29) is 18.6 Å². The van der Waals surface area contributed by atoms with Gasteiger partial charge in [0, 0.05) is 5.41 Å². The van der Waals surface area contributed by atoms with Gasteiger partial charge in [-0.2, -0.15) is 0 Å². The van der Waals surface area contributed by atoms with E-state index >= 15 is 0 Å². The molecule has 2 heteroatoms. The minimum atomic E-state index is -0.111. The maximum Gasteiger partial charge on any atom is 0.0509 e. The van der Waals surface area contributed by atoms with Crippen molar-refractivity contribution in [2.45, 2.75) is 154 Å². The quantitative estimate of drug-likeness (QED) is 0.480. The zero-order chi connectivity index (χ0) is 20.9. The van der Waals surface area contributed by atoms with Gasteiger partial charge in [0.15, 0.2) is 0 Å². The first-order valence-electron chi connectivity index (χ1n) is 13.5. The molecule has 0 saturated heterocycles. The van der Waals surface area contributed by atoms with Gasteiger partial charge in [0.2, 0.25) is 0 Å². The fourth-order valence-corrected chi connectivity index (χ4v) is 5.03. The summed E-state index contributed by atoms with van der Waals surface area (Å²) in [5.74, 6) is 0. The van der Waals surface area contributed by atoms with Crippen LogP contribution >= 0.6 is 0 Å². The van der Waals surface area contributed by atoms with Crippen LogP contribution in [0.25, 0.3) is 0 Å². The fourth-order valence-electron chi connectivity index (χ4n) is 5.03. The molecule has 5 aliphatic rings. The van der Waals surface area contributed by atoms with Crippen molar-refractivity contribution in [3.05, 3.63) is 0 Å². The van der Waals surface area contributed by atoms with Gasteiger partial charge >= 0.3 is 0 Å². The largest absolute Gasteiger partial charge is 0.396 e. The molecule has 2 N–H and O–H groups in total. The lowest BCUT2D eigenvalue weighted by Crippen LogP contribution is -2.25. The van der Waals surface area contributed by atoms with Crippen molar-refractivity contribution in [2.75, 3.05) is 13.2 Å². The number of hydrogen-bond acceptors (Lipinski definition) is 2. The summed E-state index contributed by atoms with van der Waals surface area (Å²) >= 11 is 0. The molecule has 0 aromatic rings. The lowest BCUT2D eigenvalue weighted by molar-refractivity contribution is 0.0606. The molecular weight excluding hydrogens is 356 g/mol. The molecule has 2 nitrogen and oxygen atoms in total. The van der Waals surface area contributed by atoms with Crippen molar-refractivity contribution in [1.29, 1.82) is 0 Å². The van der Waals surface area contributed by atoms with Crippen molar-refractivity contribution < 1.29 is 10.2 Å². The zero-order valence-corrected chi connectivity index (χ0v) is 19.8. The van der Waals surface area contributed by atoms with E-state index in [1.54, 1.807) is 0 Å². The Bertz CT molecular complexity index is 230. The minimum absolute atomic E-state index is 0.111. The third-order valence-electron chi connectivity index (χ3n) is 7.34. The molecule has 5 fully saturated rings. The Hall–Kier alpha value is -0.0800. The Morgan fingerprint density at radius 1 is 0.310 bits per heavy atom. The van der Waals surface area contributed by atoms with Crippen LogP contribution in [-0.4, -0.2) is 23.4 Å². The van der Waals surface area contributed by atoms with Gasteiger partial charge < -0.3 is 10.2 Å². The molecule has 0 amide bonds. The Kier molecular flexibility index (Phi) is 18.5. The Labute approximate surface area is 183 Å². The summed E-state index contributed by atoms with van der Waals surface area (Å²) in [5.41, 5.74) is -0.111. The minimum Gasteiger partial charge on any atom is -0.396 e. The smallest absolute Gasteiger partial charge is 0.0509 e. The second kappa shape index (κ2) is 19.9. The van der Waals surface area contributed by atoms with E-state index in [4.69, 9.17) is 10.2 Å². The monoisotopic (exact) mass is 410 g/mol. The van der Waals surface area contributed by atoms with Crippen LogP contribution in [0.5, 0.6) is 0 Å². The Morgan fingerprint density at radius 3 is 0.586 bits per heavy atom. The molecule has 0 aromatic heterocycles. The van der Waals surface area contributed by atoms with Gasteiger partial charge in [-0.05, 0) is 12.8 Å². The molecule has 0 unspecified atom stereocenters. The average molecular weight is 411 g/mol. The average Bonchev–Trinajstić information content (AvgIpc) is 3.65. The van der Waals surface area contributed by atoms with Crippen molar-refractivity contribution in [3.63, 3.8) is 0 Å². The maximum absolute atomic E-state index is 8.86. The third-order valence-corrected chi connectivity index (χ3v) is 7.34. The normalized spacial score (nSPS) is 24.2. The fraction of sp³-hybridized carbons (Fsp3) is 1.00. The first-order valence-corrected chi connectivity index (χ1v) is 13.5. The molecule has 29 heavy (non-hydrogen) atoms.